The summed E-state index contributed by atoms with van der Waals surface area (Å²) in [6.07, 6.45) is 1.95. The Morgan fingerprint density at radius 3 is 2.86 bits per heavy atom. The molecule has 0 aliphatic rings. The lowest BCUT2D eigenvalue weighted by atomic mass is 10.1. The molecule has 0 atom stereocenters. The van der Waals surface area contributed by atoms with Gasteiger partial charge in [-0.1, -0.05) is 13.8 Å². The molecule has 0 aliphatic heterocycles. The maximum Gasteiger partial charge on any atom is 0.271 e. The Morgan fingerprint density at radius 1 is 1.57 bits per heavy atom. The summed E-state index contributed by atoms with van der Waals surface area (Å²) in [5, 5.41) is 2.56. The number of aromatic nitrogens is 1. The predicted octanol–water partition coefficient (Wildman–Crippen LogP) is 1.36. The van der Waals surface area contributed by atoms with Crippen LogP contribution in [0.5, 0.6) is 0 Å². The first-order valence-electron chi connectivity index (χ1n) is 4.57. The molecule has 14 heavy (non-hydrogen) atoms. The quantitative estimate of drug-likeness (QED) is 0.763. The summed E-state index contributed by atoms with van der Waals surface area (Å²) in [6, 6.07) is 3.25. The van der Waals surface area contributed by atoms with Crippen LogP contribution in [0.4, 0.5) is 5.69 Å². The van der Waals surface area contributed by atoms with E-state index < -0.39 is 0 Å². The van der Waals surface area contributed by atoms with Gasteiger partial charge in [0.25, 0.3) is 5.56 Å². The molecular formula is C10H14N2O2. The van der Waals surface area contributed by atoms with Gasteiger partial charge in [-0.05, 0) is 18.1 Å². The first kappa shape index (κ1) is 10.5. The summed E-state index contributed by atoms with van der Waals surface area (Å²) in [5.74, 6) is 0.162. The van der Waals surface area contributed by atoms with Crippen molar-refractivity contribution in [2.24, 2.45) is 5.92 Å². The molecule has 0 saturated heterocycles. The van der Waals surface area contributed by atoms with Crippen LogP contribution < -0.4 is 10.9 Å². The fraction of sp³-hybridized carbons (Fsp3) is 0.400. The molecule has 0 radical (unpaired) electrons. The fourth-order valence-corrected chi connectivity index (χ4v) is 1.09. The van der Waals surface area contributed by atoms with Crippen LogP contribution in [-0.4, -0.2) is 10.9 Å². The molecule has 4 nitrogen and oxygen atoms in total. The SMILES string of the molecule is CC(C)CC(=O)Nc1ccc[nH]c1=O. The monoisotopic (exact) mass is 194 g/mol. The molecule has 1 heterocycles. The lowest BCUT2D eigenvalue weighted by Crippen LogP contribution is -2.20. The van der Waals surface area contributed by atoms with E-state index in [1.807, 2.05) is 13.8 Å². The molecule has 0 bridgehead atoms. The van der Waals surface area contributed by atoms with E-state index in [4.69, 9.17) is 0 Å². The van der Waals surface area contributed by atoms with Crippen LogP contribution in [0, 0.1) is 5.92 Å². The van der Waals surface area contributed by atoms with Gasteiger partial charge in [0.2, 0.25) is 5.91 Å². The molecule has 0 unspecified atom stereocenters. The Hall–Kier alpha value is -1.58. The highest BCUT2D eigenvalue weighted by atomic mass is 16.2. The highest BCUT2D eigenvalue weighted by molar-refractivity contribution is 5.90. The zero-order chi connectivity index (χ0) is 10.6. The van der Waals surface area contributed by atoms with Gasteiger partial charge >= 0.3 is 0 Å². The van der Waals surface area contributed by atoms with Crippen molar-refractivity contribution in [2.45, 2.75) is 20.3 Å². The Bertz CT molecular complexity index is 368. The third-order valence-corrected chi connectivity index (χ3v) is 1.69. The van der Waals surface area contributed by atoms with Crippen molar-refractivity contribution in [2.75, 3.05) is 5.32 Å². The average molecular weight is 194 g/mol. The van der Waals surface area contributed by atoms with E-state index in [0.717, 1.165) is 0 Å². The molecule has 1 aromatic rings. The zero-order valence-corrected chi connectivity index (χ0v) is 8.33. The fourth-order valence-electron chi connectivity index (χ4n) is 1.09. The van der Waals surface area contributed by atoms with E-state index in [2.05, 4.69) is 10.3 Å². The third kappa shape index (κ3) is 3.05. The van der Waals surface area contributed by atoms with E-state index in [1.54, 1.807) is 12.1 Å². The van der Waals surface area contributed by atoms with Crippen molar-refractivity contribution in [3.8, 4) is 0 Å². The summed E-state index contributed by atoms with van der Waals surface area (Å²) >= 11 is 0. The smallest absolute Gasteiger partial charge is 0.271 e. The number of H-pyrrole nitrogens is 1. The lowest BCUT2D eigenvalue weighted by Gasteiger charge is -2.05. The van der Waals surface area contributed by atoms with Gasteiger partial charge in [0.1, 0.15) is 5.69 Å². The molecule has 76 valence electrons. The molecule has 0 aliphatic carbocycles. The standard InChI is InChI=1S/C10H14N2O2/c1-7(2)6-9(13)12-8-4-3-5-11-10(8)14/h3-5,7H,6H2,1-2H3,(H,11,14)(H,12,13). The number of aromatic amines is 1. The minimum Gasteiger partial charge on any atom is -0.327 e. The predicted molar refractivity (Wildman–Crippen MR) is 55.1 cm³/mol. The Kier molecular flexibility index (Phi) is 3.45. The Balaban J connectivity index is 2.65. The maximum atomic E-state index is 11.3. The highest BCUT2D eigenvalue weighted by Gasteiger charge is 2.06. The number of carbonyl (C=O) groups is 1. The van der Waals surface area contributed by atoms with Crippen molar-refractivity contribution < 1.29 is 4.79 Å². The van der Waals surface area contributed by atoms with Crippen molar-refractivity contribution in [1.82, 2.24) is 4.98 Å². The normalized spacial score (nSPS) is 10.2. The van der Waals surface area contributed by atoms with Crippen LogP contribution in [0.25, 0.3) is 0 Å². The summed E-state index contributed by atoms with van der Waals surface area (Å²) in [6.45, 7) is 3.91. The van der Waals surface area contributed by atoms with Gasteiger partial charge in [-0.2, -0.15) is 0 Å². The van der Waals surface area contributed by atoms with E-state index in [-0.39, 0.29) is 17.4 Å². The first-order valence-corrected chi connectivity index (χ1v) is 4.57. The summed E-state index contributed by atoms with van der Waals surface area (Å²) < 4.78 is 0. The second-order valence-electron chi connectivity index (χ2n) is 3.56. The van der Waals surface area contributed by atoms with Crippen molar-refractivity contribution in [3.05, 3.63) is 28.7 Å². The van der Waals surface area contributed by atoms with Gasteiger partial charge in [0.05, 0.1) is 0 Å². The molecule has 1 rings (SSSR count). The largest absolute Gasteiger partial charge is 0.327 e. The number of carbonyl (C=O) groups excluding carboxylic acids is 1. The van der Waals surface area contributed by atoms with E-state index in [1.165, 1.54) is 6.20 Å². The van der Waals surface area contributed by atoms with Gasteiger partial charge in [-0.25, -0.2) is 0 Å². The van der Waals surface area contributed by atoms with Gasteiger partial charge in [-0.3, -0.25) is 9.59 Å². The Morgan fingerprint density at radius 2 is 2.29 bits per heavy atom. The van der Waals surface area contributed by atoms with E-state index >= 15 is 0 Å². The average Bonchev–Trinajstić information content (AvgIpc) is 2.07. The summed E-state index contributed by atoms with van der Waals surface area (Å²) in [4.78, 5) is 25.0. The van der Waals surface area contributed by atoms with Crippen LogP contribution in [0.2, 0.25) is 0 Å². The van der Waals surface area contributed by atoms with Crippen molar-refractivity contribution in [1.29, 1.82) is 0 Å². The lowest BCUT2D eigenvalue weighted by molar-refractivity contribution is -0.116. The number of hydrogen-bond acceptors (Lipinski definition) is 2. The van der Waals surface area contributed by atoms with Crippen LogP contribution in [0.3, 0.4) is 0 Å². The molecule has 1 amide bonds. The molecule has 0 fully saturated rings. The number of pyridine rings is 1. The second kappa shape index (κ2) is 4.60. The van der Waals surface area contributed by atoms with Gasteiger partial charge in [0, 0.05) is 12.6 Å². The van der Waals surface area contributed by atoms with Crippen molar-refractivity contribution in [3.63, 3.8) is 0 Å². The molecule has 0 spiro atoms. The van der Waals surface area contributed by atoms with Gasteiger partial charge in [-0.15, -0.1) is 0 Å². The van der Waals surface area contributed by atoms with Gasteiger partial charge < -0.3 is 10.3 Å². The van der Waals surface area contributed by atoms with E-state index in [9.17, 15) is 9.59 Å². The van der Waals surface area contributed by atoms with Crippen LogP contribution in [0.15, 0.2) is 23.1 Å². The highest BCUT2D eigenvalue weighted by Crippen LogP contribution is 2.03. The third-order valence-electron chi connectivity index (χ3n) is 1.69. The van der Waals surface area contributed by atoms with Crippen molar-refractivity contribution >= 4 is 11.6 Å². The summed E-state index contributed by atoms with van der Waals surface area (Å²) in [7, 11) is 0. The molecular weight excluding hydrogens is 180 g/mol. The van der Waals surface area contributed by atoms with Crippen LogP contribution in [0.1, 0.15) is 20.3 Å². The number of amides is 1. The second-order valence-corrected chi connectivity index (χ2v) is 3.56. The van der Waals surface area contributed by atoms with Crippen LogP contribution >= 0.6 is 0 Å². The zero-order valence-electron chi connectivity index (χ0n) is 8.33. The van der Waals surface area contributed by atoms with Gasteiger partial charge in [0.15, 0.2) is 0 Å². The molecule has 2 N–H and O–H groups in total. The first-order chi connectivity index (χ1) is 6.59. The Labute approximate surface area is 82.3 Å². The molecule has 0 aromatic carbocycles. The molecule has 0 saturated carbocycles. The number of nitrogens with one attached hydrogen (secondary N) is 2. The topological polar surface area (TPSA) is 62.0 Å². The van der Waals surface area contributed by atoms with E-state index in [0.29, 0.717) is 12.1 Å². The molecule has 4 heteroatoms. The molecule has 1 aromatic heterocycles. The number of hydrogen-bond donors (Lipinski definition) is 2. The van der Waals surface area contributed by atoms with Crippen LogP contribution in [-0.2, 0) is 4.79 Å². The maximum absolute atomic E-state index is 11.3. The summed E-state index contributed by atoms with van der Waals surface area (Å²) in [5.41, 5.74) is 0.0303. The minimum absolute atomic E-state index is 0.128. The minimum atomic E-state index is -0.274. The number of rotatable bonds is 3. The number of anilines is 1.